The van der Waals surface area contributed by atoms with Crippen molar-refractivity contribution in [1.29, 1.82) is 10.5 Å². The van der Waals surface area contributed by atoms with Gasteiger partial charge in [-0.15, -0.1) is 0 Å². The van der Waals surface area contributed by atoms with Crippen molar-refractivity contribution in [3.63, 3.8) is 0 Å². The molecular formula is C22H18FN5O5S. The molecule has 0 bridgehead atoms. The lowest BCUT2D eigenvalue weighted by Gasteiger charge is -2.11. The number of hydrogen-bond acceptors (Lipinski definition) is 9. The van der Waals surface area contributed by atoms with Crippen molar-refractivity contribution in [3.05, 3.63) is 65.1 Å². The third-order valence-corrected chi connectivity index (χ3v) is 5.84. The maximum Gasteiger partial charge on any atom is 0.339 e. The molecule has 0 saturated carbocycles. The second-order valence-electron chi connectivity index (χ2n) is 6.74. The van der Waals surface area contributed by atoms with Crippen LogP contribution in [0.1, 0.15) is 16.8 Å². The minimum atomic E-state index is -4.26. The van der Waals surface area contributed by atoms with Gasteiger partial charge in [0.1, 0.15) is 39.9 Å². The zero-order valence-corrected chi connectivity index (χ0v) is 18.6. The highest BCUT2D eigenvalue weighted by atomic mass is 32.2. The number of nitrogens with two attached hydrogens (primary N) is 1. The fourth-order valence-electron chi connectivity index (χ4n) is 2.97. The Labute approximate surface area is 194 Å². The molecule has 0 amide bonds. The summed E-state index contributed by atoms with van der Waals surface area (Å²) in [5.74, 6) is -0.664. The van der Waals surface area contributed by atoms with E-state index < -0.39 is 15.9 Å². The Hall–Kier alpha value is -4.39. The monoisotopic (exact) mass is 483 g/mol. The van der Waals surface area contributed by atoms with Gasteiger partial charge in [-0.2, -0.15) is 24.0 Å². The summed E-state index contributed by atoms with van der Waals surface area (Å²) in [6, 6.07) is 12.2. The summed E-state index contributed by atoms with van der Waals surface area (Å²) < 4.78 is 49.7. The van der Waals surface area contributed by atoms with Crippen molar-refractivity contribution >= 4 is 27.6 Å². The predicted octanol–water partition coefficient (Wildman–Crippen LogP) is 2.31. The fraction of sp³-hybridized carbons (Fsp3) is 0.136. The van der Waals surface area contributed by atoms with Gasteiger partial charge in [0, 0.05) is 0 Å². The minimum absolute atomic E-state index is 0.00888. The molecule has 0 aliphatic rings. The Kier molecular flexibility index (Phi) is 7.16. The molecule has 0 unspecified atom stereocenters. The molecule has 174 valence electrons. The third kappa shape index (κ3) is 4.99. The highest BCUT2D eigenvalue weighted by molar-refractivity contribution is 7.87. The third-order valence-electron chi connectivity index (χ3n) is 4.59. The largest absolute Gasteiger partial charge is 0.493 e. The summed E-state index contributed by atoms with van der Waals surface area (Å²) in [6.07, 6.45) is 1.41. The van der Waals surface area contributed by atoms with Crippen LogP contribution in [0.15, 0.2) is 47.4 Å². The van der Waals surface area contributed by atoms with E-state index in [1.165, 1.54) is 36.1 Å². The second-order valence-corrected chi connectivity index (χ2v) is 8.29. The first-order valence-corrected chi connectivity index (χ1v) is 11.0. The number of halogens is 1. The van der Waals surface area contributed by atoms with Gasteiger partial charge in [0.2, 0.25) is 0 Å². The molecule has 3 rings (SSSR count). The van der Waals surface area contributed by atoms with Gasteiger partial charge in [-0.05, 0) is 48.0 Å². The molecule has 1 heterocycles. The Morgan fingerprint density at radius 1 is 1.24 bits per heavy atom. The SMILES string of the molecule is COc1cc(/C=C(\C#N)c2nn(CCO)c(N)c2C#N)ccc1OS(=O)(=O)c1ccc(F)cc1. The van der Waals surface area contributed by atoms with Crippen LogP contribution in [0, 0.1) is 28.5 Å². The number of nitriles is 2. The first kappa shape index (κ1) is 24.3. The molecule has 0 saturated heterocycles. The highest BCUT2D eigenvalue weighted by Gasteiger charge is 2.21. The second kappa shape index (κ2) is 10.0. The number of aliphatic hydroxyl groups excluding tert-OH is 1. The maximum atomic E-state index is 13.1. The van der Waals surface area contributed by atoms with Crippen molar-refractivity contribution in [3.8, 4) is 23.6 Å². The van der Waals surface area contributed by atoms with E-state index in [1.807, 2.05) is 12.1 Å². The molecule has 1 aromatic heterocycles. The summed E-state index contributed by atoms with van der Waals surface area (Å²) in [5.41, 5.74) is 6.33. The lowest BCUT2D eigenvalue weighted by molar-refractivity contribution is 0.270. The number of rotatable bonds is 8. The first-order chi connectivity index (χ1) is 16.2. The zero-order chi connectivity index (χ0) is 24.9. The van der Waals surface area contributed by atoms with Crippen LogP contribution in [0.2, 0.25) is 0 Å². The summed E-state index contributed by atoms with van der Waals surface area (Å²) in [7, 11) is -2.96. The van der Waals surface area contributed by atoms with E-state index in [0.717, 1.165) is 24.3 Å². The van der Waals surface area contributed by atoms with E-state index in [2.05, 4.69) is 5.10 Å². The minimum Gasteiger partial charge on any atom is -0.493 e. The van der Waals surface area contributed by atoms with Crippen molar-refractivity contribution in [2.45, 2.75) is 11.4 Å². The van der Waals surface area contributed by atoms with Gasteiger partial charge in [0.25, 0.3) is 0 Å². The number of hydrogen-bond donors (Lipinski definition) is 2. The van der Waals surface area contributed by atoms with Crippen LogP contribution in [0.3, 0.4) is 0 Å². The van der Waals surface area contributed by atoms with Crippen molar-refractivity contribution in [2.24, 2.45) is 0 Å². The predicted molar refractivity (Wildman–Crippen MR) is 119 cm³/mol. The number of ether oxygens (including phenoxy) is 1. The topological polar surface area (TPSA) is 164 Å². The number of aromatic nitrogens is 2. The van der Waals surface area contributed by atoms with Gasteiger partial charge >= 0.3 is 10.1 Å². The summed E-state index contributed by atoms with van der Waals surface area (Å²) in [5, 5.41) is 32.3. The van der Waals surface area contributed by atoms with E-state index in [0.29, 0.717) is 5.56 Å². The Morgan fingerprint density at radius 3 is 2.53 bits per heavy atom. The van der Waals surface area contributed by atoms with E-state index in [-0.39, 0.29) is 52.2 Å². The van der Waals surface area contributed by atoms with E-state index in [1.54, 1.807) is 0 Å². The highest BCUT2D eigenvalue weighted by Crippen LogP contribution is 2.32. The van der Waals surface area contributed by atoms with Gasteiger partial charge in [-0.25, -0.2) is 9.07 Å². The fourth-order valence-corrected chi connectivity index (χ4v) is 3.91. The van der Waals surface area contributed by atoms with Crippen LogP contribution in [-0.4, -0.2) is 37.0 Å². The van der Waals surface area contributed by atoms with Gasteiger partial charge in [0.15, 0.2) is 11.5 Å². The normalized spacial score (nSPS) is 11.5. The number of allylic oxidation sites excluding steroid dienone is 1. The summed E-state index contributed by atoms with van der Waals surface area (Å²) >= 11 is 0. The molecule has 2 aromatic carbocycles. The number of aliphatic hydroxyl groups is 1. The maximum absolute atomic E-state index is 13.1. The number of methoxy groups -OCH3 is 1. The van der Waals surface area contributed by atoms with Gasteiger partial charge in [0.05, 0.1) is 25.8 Å². The lowest BCUT2D eigenvalue weighted by Crippen LogP contribution is -2.10. The van der Waals surface area contributed by atoms with Gasteiger partial charge < -0.3 is 19.8 Å². The molecule has 0 fully saturated rings. The molecule has 0 aliphatic heterocycles. The molecule has 3 N–H and O–H groups in total. The first-order valence-electron chi connectivity index (χ1n) is 9.61. The van der Waals surface area contributed by atoms with Crippen molar-refractivity contribution in [2.75, 3.05) is 19.5 Å². The molecule has 12 heteroatoms. The van der Waals surface area contributed by atoms with E-state index in [9.17, 15) is 23.3 Å². The Bertz CT molecular complexity index is 1430. The summed E-state index contributed by atoms with van der Waals surface area (Å²) in [6.45, 7) is -0.219. The summed E-state index contributed by atoms with van der Waals surface area (Å²) in [4.78, 5) is -0.244. The smallest absolute Gasteiger partial charge is 0.339 e. The molecule has 0 aliphatic carbocycles. The number of anilines is 1. The molecule has 0 atom stereocenters. The molecule has 10 nitrogen and oxygen atoms in total. The van der Waals surface area contributed by atoms with Gasteiger partial charge in [-0.1, -0.05) is 6.07 Å². The average molecular weight is 483 g/mol. The quantitative estimate of drug-likeness (QED) is 0.361. The zero-order valence-electron chi connectivity index (χ0n) is 17.8. The molecule has 0 radical (unpaired) electrons. The molecule has 3 aromatic rings. The van der Waals surface area contributed by atoms with Crippen LogP contribution in [0.4, 0.5) is 10.2 Å². The Balaban J connectivity index is 1.98. The molecule has 34 heavy (non-hydrogen) atoms. The molecular weight excluding hydrogens is 465 g/mol. The van der Waals surface area contributed by atoms with E-state index >= 15 is 0 Å². The standard InChI is InChI=1S/C22H18FN5O5S/c1-32-20-11-14(2-7-19(20)33-34(30,31)17-5-3-16(23)4-6-17)10-15(12-24)21-18(13-25)22(26)28(27-21)8-9-29/h2-7,10-11,29H,8-9,26H2,1H3/b15-10+. The number of benzene rings is 2. The van der Waals surface area contributed by atoms with Crippen LogP contribution >= 0.6 is 0 Å². The van der Waals surface area contributed by atoms with Gasteiger partial charge in [-0.3, -0.25) is 0 Å². The van der Waals surface area contributed by atoms with Crippen LogP contribution in [0.25, 0.3) is 11.6 Å². The number of nitrogens with zero attached hydrogens (tertiary/aromatic N) is 4. The number of nitrogen functional groups attached to an aromatic ring is 1. The van der Waals surface area contributed by atoms with E-state index in [4.69, 9.17) is 19.8 Å². The lowest BCUT2D eigenvalue weighted by atomic mass is 10.1. The van der Waals surface area contributed by atoms with Crippen LogP contribution in [0.5, 0.6) is 11.5 Å². The van der Waals surface area contributed by atoms with Crippen molar-refractivity contribution in [1.82, 2.24) is 9.78 Å². The van der Waals surface area contributed by atoms with Crippen molar-refractivity contribution < 1.29 is 26.8 Å². The van der Waals surface area contributed by atoms with Crippen LogP contribution in [-0.2, 0) is 16.7 Å². The Morgan fingerprint density at radius 2 is 1.94 bits per heavy atom. The van der Waals surface area contributed by atoms with Crippen LogP contribution < -0.4 is 14.7 Å². The average Bonchev–Trinajstić information content (AvgIpc) is 3.13. The molecule has 0 spiro atoms.